The normalized spacial score (nSPS) is 14.8. The van der Waals surface area contributed by atoms with Crippen LogP contribution >= 0.6 is 0 Å². The molecule has 1 aliphatic rings. The zero-order valence-electron chi connectivity index (χ0n) is 14.9. The van der Waals surface area contributed by atoms with Crippen LogP contribution in [0.2, 0.25) is 0 Å². The molecule has 0 spiro atoms. The van der Waals surface area contributed by atoms with Gasteiger partial charge in [0.05, 0.1) is 6.54 Å². The van der Waals surface area contributed by atoms with Crippen molar-refractivity contribution < 1.29 is 9.59 Å². The molecule has 0 radical (unpaired) electrons. The van der Waals surface area contributed by atoms with Crippen LogP contribution in [0.15, 0.2) is 60.7 Å². The third kappa shape index (κ3) is 5.17. The van der Waals surface area contributed by atoms with Crippen molar-refractivity contribution >= 4 is 11.8 Å². The topological polar surface area (TPSA) is 52.7 Å². The minimum absolute atomic E-state index is 0.0167. The Balaban J connectivity index is 1.37. The summed E-state index contributed by atoms with van der Waals surface area (Å²) >= 11 is 0. The third-order valence-corrected chi connectivity index (χ3v) is 4.72. The molecule has 1 saturated heterocycles. The second-order valence-corrected chi connectivity index (χ2v) is 6.51. The fraction of sp³-hybridized carbons (Fsp3) is 0.333. The summed E-state index contributed by atoms with van der Waals surface area (Å²) in [7, 11) is 0. The van der Waals surface area contributed by atoms with E-state index in [1.54, 1.807) is 12.1 Å². The van der Waals surface area contributed by atoms with Crippen LogP contribution in [-0.4, -0.2) is 60.9 Å². The first-order valence-corrected chi connectivity index (χ1v) is 9.10. The van der Waals surface area contributed by atoms with Gasteiger partial charge in [-0.3, -0.25) is 14.5 Å². The number of hydrogen-bond acceptors (Lipinski definition) is 3. The van der Waals surface area contributed by atoms with Crippen molar-refractivity contribution in [2.75, 3.05) is 39.3 Å². The minimum Gasteiger partial charge on any atom is -0.343 e. The first-order valence-electron chi connectivity index (χ1n) is 9.10. The van der Waals surface area contributed by atoms with Gasteiger partial charge in [-0.1, -0.05) is 48.5 Å². The van der Waals surface area contributed by atoms with E-state index >= 15 is 0 Å². The lowest BCUT2D eigenvalue weighted by Crippen LogP contribution is -2.51. The smallest absolute Gasteiger partial charge is 0.251 e. The van der Waals surface area contributed by atoms with Crippen molar-refractivity contribution in [3.63, 3.8) is 0 Å². The van der Waals surface area contributed by atoms with Crippen molar-refractivity contribution in [1.82, 2.24) is 15.1 Å². The summed E-state index contributed by atoms with van der Waals surface area (Å²) in [5, 5.41) is 2.71. The fourth-order valence-corrected chi connectivity index (χ4v) is 3.11. The first kappa shape index (κ1) is 18.1. The summed E-state index contributed by atoms with van der Waals surface area (Å²) in [5.74, 6) is -0.225. The van der Waals surface area contributed by atoms with Gasteiger partial charge in [-0.05, 0) is 24.1 Å². The van der Waals surface area contributed by atoms with Gasteiger partial charge in [-0.2, -0.15) is 0 Å². The van der Waals surface area contributed by atoms with Crippen molar-refractivity contribution in [2.45, 2.75) is 6.42 Å². The molecule has 5 nitrogen and oxygen atoms in total. The Morgan fingerprint density at radius 1 is 0.846 bits per heavy atom. The van der Waals surface area contributed by atoms with Crippen LogP contribution in [-0.2, 0) is 11.2 Å². The summed E-state index contributed by atoms with van der Waals surface area (Å²) in [6.07, 6.45) is 1.03. The molecule has 0 aromatic heterocycles. The Kier molecular flexibility index (Phi) is 6.39. The highest BCUT2D eigenvalue weighted by Gasteiger charge is 2.21. The third-order valence-electron chi connectivity index (χ3n) is 4.72. The number of nitrogens with one attached hydrogen (secondary N) is 1. The number of carbonyl (C=O) groups is 2. The maximum atomic E-state index is 12.3. The molecule has 1 aliphatic heterocycles. The van der Waals surface area contributed by atoms with E-state index in [4.69, 9.17) is 0 Å². The minimum atomic E-state index is -0.208. The number of amides is 2. The number of hydrogen-bond donors (Lipinski definition) is 1. The van der Waals surface area contributed by atoms with Gasteiger partial charge in [0.2, 0.25) is 5.91 Å². The zero-order chi connectivity index (χ0) is 18.2. The molecule has 2 aromatic carbocycles. The van der Waals surface area contributed by atoms with Gasteiger partial charge in [0, 0.05) is 38.3 Å². The average Bonchev–Trinajstić information content (AvgIpc) is 2.72. The number of piperazine rings is 1. The Hall–Kier alpha value is -2.66. The molecule has 1 fully saturated rings. The molecule has 0 saturated carbocycles. The number of rotatable bonds is 6. The van der Waals surface area contributed by atoms with E-state index in [1.807, 2.05) is 29.2 Å². The number of benzene rings is 2. The standard InChI is InChI=1S/C21H25N3O2/c25-20(17-22-21(26)19-9-5-2-6-10-19)24-15-13-23(14-16-24)12-11-18-7-3-1-4-8-18/h1-10H,11-17H2,(H,22,26). The quantitative estimate of drug-likeness (QED) is 0.863. The SMILES string of the molecule is O=C(NCC(=O)N1CCN(CCc2ccccc2)CC1)c1ccccc1. The number of carbonyl (C=O) groups excluding carboxylic acids is 2. The fourth-order valence-electron chi connectivity index (χ4n) is 3.11. The van der Waals surface area contributed by atoms with Gasteiger partial charge in [0.15, 0.2) is 0 Å². The lowest BCUT2D eigenvalue weighted by atomic mass is 10.1. The molecule has 0 atom stereocenters. The monoisotopic (exact) mass is 351 g/mol. The van der Waals surface area contributed by atoms with Crippen molar-refractivity contribution in [3.8, 4) is 0 Å². The lowest BCUT2D eigenvalue weighted by molar-refractivity contribution is -0.131. The van der Waals surface area contributed by atoms with Crippen molar-refractivity contribution in [2.24, 2.45) is 0 Å². The molecule has 1 N–H and O–H groups in total. The molecule has 5 heteroatoms. The lowest BCUT2D eigenvalue weighted by Gasteiger charge is -2.34. The maximum absolute atomic E-state index is 12.3. The van der Waals surface area contributed by atoms with Crippen LogP contribution in [0.3, 0.4) is 0 Å². The van der Waals surface area contributed by atoms with Crippen molar-refractivity contribution in [3.05, 3.63) is 71.8 Å². The van der Waals surface area contributed by atoms with Gasteiger partial charge >= 0.3 is 0 Å². The zero-order valence-corrected chi connectivity index (χ0v) is 14.9. The van der Waals surface area contributed by atoms with Crippen molar-refractivity contribution in [1.29, 1.82) is 0 Å². The molecular formula is C21H25N3O2. The van der Waals surface area contributed by atoms with E-state index in [2.05, 4.69) is 34.5 Å². The van der Waals surface area contributed by atoms with Gasteiger partial charge in [0.1, 0.15) is 0 Å². The predicted octanol–water partition coefficient (Wildman–Crippen LogP) is 1.80. The summed E-state index contributed by atoms with van der Waals surface area (Å²) in [5.41, 5.74) is 1.92. The van der Waals surface area contributed by atoms with Gasteiger partial charge in [0.25, 0.3) is 5.91 Å². The largest absolute Gasteiger partial charge is 0.343 e. The van der Waals surface area contributed by atoms with Crippen LogP contribution in [0.1, 0.15) is 15.9 Å². The molecule has 1 heterocycles. The Morgan fingerprint density at radius 2 is 1.46 bits per heavy atom. The van der Waals surface area contributed by atoms with E-state index in [9.17, 15) is 9.59 Å². The van der Waals surface area contributed by atoms with Gasteiger partial charge in [-0.25, -0.2) is 0 Å². The Bertz CT molecular complexity index is 711. The maximum Gasteiger partial charge on any atom is 0.251 e. The highest BCUT2D eigenvalue weighted by molar-refractivity contribution is 5.96. The second-order valence-electron chi connectivity index (χ2n) is 6.51. The second kappa shape index (κ2) is 9.15. The van der Waals surface area contributed by atoms with Crippen LogP contribution in [0.5, 0.6) is 0 Å². The molecule has 2 aromatic rings. The van der Waals surface area contributed by atoms with Gasteiger partial charge in [-0.15, -0.1) is 0 Å². The first-order chi connectivity index (χ1) is 12.7. The van der Waals surface area contributed by atoms with E-state index in [1.165, 1.54) is 5.56 Å². The highest BCUT2D eigenvalue weighted by Crippen LogP contribution is 2.06. The van der Waals surface area contributed by atoms with Crippen LogP contribution in [0.4, 0.5) is 0 Å². The Morgan fingerprint density at radius 3 is 2.12 bits per heavy atom. The predicted molar refractivity (Wildman–Crippen MR) is 102 cm³/mol. The van der Waals surface area contributed by atoms with Crippen LogP contribution in [0.25, 0.3) is 0 Å². The molecule has 136 valence electrons. The molecule has 2 amide bonds. The summed E-state index contributed by atoms with van der Waals surface area (Å²) in [6.45, 7) is 4.26. The van der Waals surface area contributed by atoms with E-state index in [0.717, 1.165) is 39.1 Å². The van der Waals surface area contributed by atoms with E-state index < -0.39 is 0 Å². The summed E-state index contributed by atoms with van der Waals surface area (Å²) in [4.78, 5) is 28.6. The van der Waals surface area contributed by atoms with Crippen LogP contribution in [0, 0.1) is 0 Å². The number of nitrogens with zero attached hydrogens (tertiary/aromatic N) is 2. The molecule has 26 heavy (non-hydrogen) atoms. The summed E-state index contributed by atoms with van der Waals surface area (Å²) in [6, 6.07) is 19.4. The molecule has 0 unspecified atom stereocenters. The summed E-state index contributed by atoms with van der Waals surface area (Å²) < 4.78 is 0. The van der Waals surface area contributed by atoms with Gasteiger partial charge < -0.3 is 10.2 Å². The Labute approximate surface area is 154 Å². The molecule has 0 aliphatic carbocycles. The average molecular weight is 351 g/mol. The van der Waals surface area contributed by atoms with E-state index in [-0.39, 0.29) is 18.4 Å². The van der Waals surface area contributed by atoms with E-state index in [0.29, 0.717) is 5.56 Å². The van der Waals surface area contributed by atoms with Crippen LogP contribution < -0.4 is 5.32 Å². The highest BCUT2D eigenvalue weighted by atomic mass is 16.2. The molecule has 0 bridgehead atoms. The molecular weight excluding hydrogens is 326 g/mol. The molecule has 3 rings (SSSR count).